The van der Waals surface area contributed by atoms with E-state index in [4.69, 9.17) is 5.11 Å². The molecule has 1 aromatic rings. The Labute approximate surface area is 158 Å². The highest BCUT2D eigenvalue weighted by Gasteiger charge is 2.55. The van der Waals surface area contributed by atoms with E-state index in [2.05, 4.69) is 5.32 Å². The van der Waals surface area contributed by atoms with Gasteiger partial charge in [-0.25, -0.2) is 4.79 Å². The molecule has 1 saturated carbocycles. The molecule has 1 saturated heterocycles. The molecule has 0 radical (unpaired) electrons. The molecule has 2 fully saturated rings. The lowest BCUT2D eigenvalue weighted by Crippen LogP contribution is -2.46. The summed E-state index contributed by atoms with van der Waals surface area (Å²) >= 11 is 0. The van der Waals surface area contributed by atoms with Gasteiger partial charge in [0.15, 0.2) is 0 Å². The molecule has 27 heavy (non-hydrogen) atoms. The summed E-state index contributed by atoms with van der Waals surface area (Å²) in [5, 5.41) is 21.6. The molecule has 3 rings (SSSR count). The predicted molar refractivity (Wildman–Crippen MR) is 98.3 cm³/mol. The molecule has 146 valence electrons. The van der Waals surface area contributed by atoms with Crippen molar-refractivity contribution in [1.29, 1.82) is 0 Å². The molecule has 1 unspecified atom stereocenters. The zero-order chi connectivity index (χ0) is 19.4. The Morgan fingerprint density at radius 1 is 1.22 bits per heavy atom. The van der Waals surface area contributed by atoms with E-state index in [0.29, 0.717) is 25.8 Å². The van der Waals surface area contributed by atoms with Gasteiger partial charge in [0.1, 0.15) is 0 Å². The first-order valence-electron chi connectivity index (χ1n) is 9.45. The van der Waals surface area contributed by atoms with Crippen molar-refractivity contribution in [2.24, 2.45) is 11.3 Å². The summed E-state index contributed by atoms with van der Waals surface area (Å²) in [7, 11) is 0. The van der Waals surface area contributed by atoms with Gasteiger partial charge in [-0.05, 0) is 37.2 Å². The van der Waals surface area contributed by atoms with Gasteiger partial charge in [0.2, 0.25) is 0 Å². The summed E-state index contributed by atoms with van der Waals surface area (Å²) in [5.41, 5.74) is 0.210. The summed E-state index contributed by atoms with van der Waals surface area (Å²) in [4.78, 5) is 37.1. The molecule has 7 heteroatoms. The molecule has 0 spiro atoms. The van der Waals surface area contributed by atoms with Crippen LogP contribution in [-0.4, -0.2) is 52.2 Å². The number of hydrogen-bond acceptors (Lipinski definition) is 3. The smallest absolute Gasteiger partial charge is 0.317 e. The number of urea groups is 1. The summed E-state index contributed by atoms with van der Waals surface area (Å²) in [6.07, 6.45) is 3.19. The van der Waals surface area contributed by atoms with Crippen LogP contribution < -0.4 is 5.32 Å². The number of carboxylic acid groups (broad SMARTS) is 2. The third-order valence-electron chi connectivity index (χ3n) is 5.94. The Morgan fingerprint density at radius 3 is 2.59 bits per heavy atom. The van der Waals surface area contributed by atoms with E-state index < -0.39 is 17.4 Å². The minimum Gasteiger partial charge on any atom is -0.481 e. The fourth-order valence-electron chi connectivity index (χ4n) is 4.48. The zero-order valence-corrected chi connectivity index (χ0v) is 15.3. The van der Waals surface area contributed by atoms with Gasteiger partial charge >= 0.3 is 18.0 Å². The molecule has 7 nitrogen and oxygen atoms in total. The molecule has 1 aromatic carbocycles. The number of carbonyl (C=O) groups is 3. The van der Waals surface area contributed by atoms with Crippen LogP contribution in [0.15, 0.2) is 30.3 Å². The molecular weight excluding hydrogens is 348 g/mol. The van der Waals surface area contributed by atoms with E-state index >= 15 is 0 Å². The number of nitrogens with one attached hydrogen (secondary N) is 1. The topological polar surface area (TPSA) is 107 Å². The van der Waals surface area contributed by atoms with Crippen LogP contribution in [0.5, 0.6) is 0 Å². The molecule has 1 heterocycles. The summed E-state index contributed by atoms with van der Waals surface area (Å²) in [6.45, 7) is 0.685. The maximum absolute atomic E-state index is 12.8. The average Bonchev–Trinajstić information content (AvgIpc) is 3.19. The number of carbonyl (C=O) groups excluding carboxylic acids is 1. The van der Waals surface area contributed by atoms with Gasteiger partial charge in [0.05, 0.1) is 5.41 Å². The Balaban J connectivity index is 1.65. The van der Waals surface area contributed by atoms with E-state index in [9.17, 15) is 19.5 Å². The van der Waals surface area contributed by atoms with Crippen molar-refractivity contribution in [2.75, 3.05) is 13.1 Å². The van der Waals surface area contributed by atoms with Crippen molar-refractivity contribution >= 4 is 18.0 Å². The van der Waals surface area contributed by atoms with Crippen molar-refractivity contribution in [3.8, 4) is 0 Å². The van der Waals surface area contributed by atoms with Crippen LogP contribution >= 0.6 is 0 Å². The van der Waals surface area contributed by atoms with Gasteiger partial charge in [-0.1, -0.05) is 36.8 Å². The van der Waals surface area contributed by atoms with Crippen molar-refractivity contribution in [1.82, 2.24) is 10.2 Å². The van der Waals surface area contributed by atoms with E-state index in [0.717, 1.165) is 18.4 Å². The molecule has 0 bridgehead atoms. The van der Waals surface area contributed by atoms with Crippen LogP contribution in [-0.2, 0) is 16.0 Å². The molecular formula is C20H26N2O5. The Bertz CT molecular complexity index is 708. The first kappa shape index (κ1) is 19.2. The number of amides is 2. The number of benzene rings is 1. The fourth-order valence-corrected chi connectivity index (χ4v) is 4.48. The highest BCUT2D eigenvalue weighted by Crippen LogP contribution is 2.48. The van der Waals surface area contributed by atoms with Gasteiger partial charge in [-0.3, -0.25) is 9.59 Å². The van der Waals surface area contributed by atoms with Gasteiger partial charge < -0.3 is 20.4 Å². The molecule has 2 aliphatic rings. The van der Waals surface area contributed by atoms with E-state index in [1.54, 1.807) is 4.90 Å². The van der Waals surface area contributed by atoms with Crippen LogP contribution in [0.25, 0.3) is 0 Å². The monoisotopic (exact) mass is 374 g/mol. The quantitative estimate of drug-likeness (QED) is 0.679. The third-order valence-corrected chi connectivity index (χ3v) is 5.94. The largest absolute Gasteiger partial charge is 0.481 e. The zero-order valence-electron chi connectivity index (χ0n) is 15.3. The van der Waals surface area contributed by atoms with Crippen LogP contribution in [0.1, 0.15) is 37.7 Å². The van der Waals surface area contributed by atoms with Crippen LogP contribution in [0, 0.1) is 11.3 Å². The van der Waals surface area contributed by atoms with Crippen LogP contribution in [0.3, 0.4) is 0 Å². The fraction of sp³-hybridized carbons (Fsp3) is 0.550. The summed E-state index contributed by atoms with van der Waals surface area (Å²) < 4.78 is 0. The molecule has 1 aliphatic heterocycles. The van der Waals surface area contributed by atoms with Crippen molar-refractivity contribution < 1.29 is 24.6 Å². The standard InChI is InChI=1S/C20H26N2O5/c23-17(24)9-8-16(11-14-5-2-1-3-6-14)21-19(27)22-12-15-7-4-10-20(15,13-22)18(25)26/h1-3,5-6,15-16H,4,7-13H2,(H,21,27)(H,23,24)(H,25,26)/t15-,16?,20+/m0/s1. The van der Waals surface area contributed by atoms with Crippen LogP contribution in [0.2, 0.25) is 0 Å². The number of fused-ring (bicyclic) bond motifs is 1. The van der Waals surface area contributed by atoms with E-state index in [1.807, 2.05) is 30.3 Å². The maximum Gasteiger partial charge on any atom is 0.317 e. The third kappa shape index (κ3) is 4.23. The normalized spacial score (nSPS) is 25.0. The number of likely N-dealkylation sites (tertiary alicyclic amines) is 1. The Kier molecular flexibility index (Phi) is 5.68. The van der Waals surface area contributed by atoms with E-state index in [1.165, 1.54) is 0 Å². The molecule has 3 atom stereocenters. The van der Waals surface area contributed by atoms with Gasteiger partial charge in [0, 0.05) is 25.6 Å². The number of carboxylic acids is 2. The highest BCUT2D eigenvalue weighted by atomic mass is 16.4. The summed E-state index contributed by atoms with van der Waals surface area (Å²) in [6, 6.07) is 9.00. The predicted octanol–water partition coefficient (Wildman–Crippen LogP) is 2.36. The molecule has 1 aliphatic carbocycles. The van der Waals surface area contributed by atoms with Gasteiger partial charge in [0.25, 0.3) is 0 Å². The van der Waals surface area contributed by atoms with Crippen molar-refractivity contribution in [2.45, 2.75) is 44.6 Å². The lowest BCUT2D eigenvalue weighted by atomic mass is 9.81. The van der Waals surface area contributed by atoms with E-state index in [-0.39, 0.29) is 31.0 Å². The summed E-state index contributed by atoms with van der Waals surface area (Å²) in [5.74, 6) is -1.71. The minimum atomic E-state index is -0.900. The first-order chi connectivity index (χ1) is 12.9. The Morgan fingerprint density at radius 2 is 1.96 bits per heavy atom. The number of aliphatic carboxylic acids is 2. The lowest BCUT2D eigenvalue weighted by molar-refractivity contribution is -0.149. The number of nitrogens with zero attached hydrogens (tertiary/aromatic N) is 1. The highest BCUT2D eigenvalue weighted by molar-refractivity contribution is 5.80. The minimum absolute atomic E-state index is 0.00680. The molecule has 3 N–H and O–H groups in total. The van der Waals surface area contributed by atoms with Gasteiger partial charge in [-0.15, -0.1) is 0 Å². The molecule has 0 aromatic heterocycles. The van der Waals surface area contributed by atoms with Gasteiger partial charge in [-0.2, -0.15) is 0 Å². The maximum atomic E-state index is 12.8. The SMILES string of the molecule is O=C(O)CCC(Cc1ccccc1)NC(=O)N1C[C@@H]2CCC[C@@]2(C(=O)O)C1. The number of rotatable bonds is 7. The van der Waals surface area contributed by atoms with Crippen molar-refractivity contribution in [3.63, 3.8) is 0 Å². The average molecular weight is 374 g/mol. The Hall–Kier alpha value is -2.57. The lowest BCUT2D eigenvalue weighted by Gasteiger charge is -2.25. The second-order valence-corrected chi connectivity index (χ2v) is 7.70. The second-order valence-electron chi connectivity index (χ2n) is 7.70. The first-order valence-corrected chi connectivity index (χ1v) is 9.45. The van der Waals surface area contributed by atoms with Crippen LogP contribution in [0.4, 0.5) is 4.79 Å². The van der Waals surface area contributed by atoms with Crippen molar-refractivity contribution in [3.05, 3.63) is 35.9 Å². The second kappa shape index (κ2) is 7.98. The molecule has 2 amide bonds. The number of hydrogen-bond donors (Lipinski definition) is 3.